The molecule has 1 unspecified atom stereocenters. The lowest BCUT2D eigenvalue weighted by atomic mass is 10.3. The molecule has 0 amide bonds. The van der Waals surface area contributed by atoms with Crippen LogP contribution in [0.25, 0.3) is 0 Å². The van der Waals surface area contributed by atoms with E-state index in [0.717, 1.165) is 6.54 Å². The molecular formula is C12H19NO3S. The van der Waals surface area contributed by atoms with Crippen molar-refractivity contribution in [2.75, 3.05) is 19.4 Å². The van der Waals surface area contributed by atoms with Gasteiger partial charge in [-0.05, 0) is 25.6 Å². The summed E-state index contributed by atoms with van der Waals surface area (Å²) in [7, 11) is -1.84. The van der Waals surface area contributed by atoms with E-state index in [2.05, 4.69) is 5.32 Å². The van der Waals surface area contributed by atoms with Gasteiger partial charge in [-0.2, -0.15) is 0 Å². The van der Waals surface area contributed by atoms with Crippen LogP contribution in [0.3, 0.4) is 0 Å². The summed E-state index contributed by atoms with van der Waals surface area (Å²) in [4.78, 5) is 0.257. The maximum Gasteiger partial charge on any atom is 0.183 e. The van der Waals surface area contributed by atoms with Gasteiger partial charge in [-0.1, -0.05) is 19.1 Å². The van der Waals surface area contributed by atoms with Crippen LogP contribution in [0.4, 0.5) is 0 Å². The van der Waals surface area contributed by atoms with E-state index >= 15 is 0 Å². The number of ether oxygens (including phenoxy) is 1. The molecule has 1 rings (SSSR count). The fourth-order valence-electron chi connectivity index (χ4n) is 1.70. The zero-order valence-electron chi connectivity index (χ0n) is 10.4. The van der Waals surface area contributed by atoms with Crippen molar-refractivity contribution in [1.29, 1.82) is 0 Å². The van der Waals surface area contributed by atoms with Crippen molar-refractivity contribution in [2.24, 2.45) is 0 Å². The molecule has 1 atom stereocenters. The molecule has 0 spiro atoms. The van der Waals surface area contributed by atoms with E-state index in [0.29, 0.717) is 5.75 Å². The number of hydrogen-bond acceptors (Lipinski definition) is 4. The highest BCUT2D eigenvalue weighted by molar-refractivity contribution is 7.91. The predicted molar refractivity (Wildman–Crippen MR) is 68.2 cm³/mol. The van der Waals surface area contributed by atoms with Crippen molar-refractivity contribution >= 4 is 9.84 Å². The lowest BCUT2D eigenvalue weighted by Crippen LogP contribution is -2.32. The molecule has 96 valence electrons. The van der Waals surface area contributed by atoms with Gasteiger partial charge in [0.1, 0.15) is 10.6 Å². The van der Waals surface area contributed by atoms with Crippen LogP contribution in [0, 0.1) is 0 Å². The molecule has 17 heavy (non-hydrogen) atoms. The molecule has 0 fully saturated rings. The molecule has 0 radical (unpaired) electrons. The van der Waals surface area contributed by atoms with Gasteiger partial charge in [0.25, 0.3) is 0 Å². The van der Waals surface area contributed by atoms with Gasteiger partial charge in [-0.25, -0.2) is 8.42 Å². The van der Waals surface area contributed by atoms with Crippen molar-refractivity contribution in [3.05, 3.63) is 24.3 Å². The summed E-state index contributed by atoms with van der Waals surface area (Å²) in [5.41, 5.74) is 0. The number of rotatable bonds is 6. The molecule has 5 heteroatoms. The minimum Gasteiger partial charge on any atom is -0.495 e. The Balaban J connectivity index is 2.97. The second-order valence-electron chi connectivity index (χ2n) is 3.89. The summed E-state index contributed by atoms with van der Waals surface area (Å²) in [5, 5.41) is 3.09. The maximum atomic E-state index is 12.2. The first-order valence-corrected chi connectivity index (χ1v) is 7.25. The van der Waals surface area contributed by atoms with Crippen LogP contribution in [-0.4, -0.2) is 33.9 Å². The highest BCUT2D eigenvalue weighted by atomic mass is 32.2. The monoisotopic (exact) mass is 257 g/mol. The van der Waals surface area contributed by atoms with Gasteiger partial charge >= 0.3 is 0 Å². The van der Waals surface area contributed by atoms with E-state index in [9.17, 15) is 8.42 Å². The summed E-state index contributed by atoms with van der Waals surface area (Å²) in [6.45, 7) is 4.56. The van der Waals surface area contributed by atoms with Gasteiger partial charge in [0, 0.05) is 6.04 Å². The fourth-order valence-corrected chi connectivity index (χ4v) is 3.40. The normalized spacial score (nSPS) is 13.4. The van der Waals surface area contributed by atoms with Gasteiger partial charge in [0.2, 0.25) is 0 Å². The van der Waals surface area contributed by atoms with E-state index in [1.165, 1.54) is 7.11 Å². The maximum absolute atomic E-state index is 12.2. The van der Waals surface area contributed by atoms with Crippen LogP contribution in [0.2, 0.25) is 0 Å². The van der Waals surface area contributed by atoms with Gasteiger partial charge in [0.05, 0.1) is 12.9 Å². The first kappa shape index (κ1) is 14.0. The molecule has 0 aliphatic rings. The SMILES string of the molecule is CCNC(C)CS(=O)(=O)c1ccccc1OC. The molecule has 1 aromatic carbocycles. The highest BCUT2D eigenvalue weighted by Crippen LogP contribution is 2.24. The van der Waals surface area contributed by atoms with Crippen LogP contribution in [-0.2, 0) is 9.84 Å². The largest absolute Gasteiger partial charge is 0.495 e. The highest BCUT2D eigenvalue weighted by Gasteiger charge is 2.21. The summed E-state index contributed by atoms with van der Waals surface area (Å²) in [6.07, 6.45) is 0. The number of sulfone groups is 1. The van der Waals surface area contributed by atoms with Crippen LogP contribution in [0.15, 0.2) is 29.2 Å². The quantitative estimate of drug-likeness (QED) is 0.838. The third kappa shape index (κ3) is 3.71. The molecule has 0 saturated carbocycles. The van der Waals surface area contributed by atoms with E-state index in [-0.39, 0.29) is 16.7 Å². The average molecular weight is 257 g/mol. The number of para-hydroxylation sites is 1. The van der Waals surface area contributed by atoms with E-state index in [1.807, 2.05) is 13.8 Å². The van der Waals surface area contributed by atoms with Crippen molar-refractivity contribution in [3.8, 4) is 5.75 Å². The average Bonchev–Trinajstić information content (AvgIpc) is 2.28. The van der Waals surface area contributed by atoms with Gasteiger partial charge < -0.3 is 10.1 Å². The molecule has 1 aromatic rings. The first-order valence-electron chi connectivity index (χ1n) is 5.60. The van der Waals surface area contributed by atoms with Crippen LogP contribution < -0.4 is 10.1 Å². The number of hydrogen-bond donors (Lipinski definition) is 1. The zero-order chi connectivity index (χ0) is 12.9. The molecular weight excluding hydrogens is 238 g/mol. The van der Waals surface area contributed by atoms with Crippen molar-refractivity contribution < 1.29 is 13.2 Å². The Hall–Kier alpha value is -1.07. The summed E-state index contributed by atoms with van der Waals surface area (Å²) < 4.78 is 29.4. The molecule has 4 nitrogen and oxygen atoms in total. The van der Waals surface area contributed by atoms with Gasteiger partial charge in [-0.15, -0.1) is 0 Å². The van der Waals surface area contributed by atoms with Crippen molar-refractivity contribution in [2.45, 2.75) is 24.8 Å². The second kappa shape index (κ2) is 6.02. The Morgan fingerprint density at radius 1 is 1.35 bits per heavy atom. The number of methoxy groups -OCH3 is 1. The molecule has 0 saturated heterocycles. The van der Waals surface area contributed by atoms with Crippen LogP contribution in [0.5, 0.6) is 5.75 Å². The third-order valence-corrected chi connectivity index (χ3v) is 4.37. The predicted octanol–water partition coefficient (Wildman–Crippen LogP) is 1.47. The fraction of sp³-hybridized carbons (Fsp3) is 0.500. The minimum absolute atomic E-state index is 0.0706. The molecule has 0 aromatic heterocycles. The Morgan fingerprint density at radius 2 is 2.00 bits per heavy atom. The van der Waals surface area contributed by atoms with Gasteiger partial charge in [-0.3, -0.25) is 0 Å². The number of benzene rings is 1. The Bertz CT molecular complexity index is 457. The third-order valence-electron chi connectivity index (χ3n) is 2.43. The second-order valence-corrected chi connectivity index (χ2v) is 5.89. The molecule has 0 bridgehead atoms. The molecule has 0 aliphatic heterocycles. The Kier molecular flexibility index (Phi) is 4.96. The van der Waals surface area contributed by atoms with Gasteiger partial charge in [0.15, 0.2) is 9.84 Å². The summed E-state index contributed by atoms with van der Waals surface area (Å²) >= 11 is 0. The lowest BCUT2D eigenvalue weighted by molar-refractivity contribution is 0.402. The Labute approximate surface area is 103 Å². The van der Waals surface area contributed by atoms with E-state index in [1.54, 1.807) is 24.3 Å². The first-order chi connectivity index (χ1) is 8.01. The lowest BCUT2D eigenvalue weighted by Gasteiger charge is -2.14. The molecule has 1 N–H and O–H groups in total. The van der Waals surface area contributed by atoms with Crippen molar-refractivity contribution in [1.82, 2.24) is 5.32 Å². The summed E-state index contributed by atoms with van der Waals surface area (Å²) in [5.74, 6) is 0.470. The zero-order valence-corrected chi connectivity index (χ0v) is 11.3. The minimum atomic E-state index is -3.31. The molecule has 0 heterocycles. The topological polar surface area (TPSA) is 55.4 Å². The van der Waals surface area contributed by atoms with E-state index in [4.69, 9.17) is 4.74 Å². The smallest absolute Gasteiger partial charge is 0.183 e. The summed E-state index contributed by atoms with van der Waals surface area (Å²) in [6, 6.07) is 6.62. The standard InChI is InChI=1S/C12H19NO3S/c1-4-13-10(2)9-17(14,15)12-8-6-5-7-11(12)16-3/h5-8,10,13H,4,9H2,1-3H3. The van der Waals surface area contributed by atoms with Crippen molar-refractivity contribution in [3.63, 3.8) is 0 Å². The van der Waals surface area contributed by atoms with Crippen LogP contribution >= 0.6 is 0 Å². The molecule has 0 aliphatic carbocycles. The number of nitrogens with one attached hydrogen (secondary N) is 1. The van der Waals surface area contributed by atoms with Crippen LogP contribution in [0.1, 0.15) is 13.8 Å². The van der Waals surface area contributed by atoms with E-state index < -0.39 is 9.84 Å². The Morgan fingerprint density at radius 3 is 2.59 bits per heavy atom.